The van der Waals surface area contributed by atoms with Gasteiger partial charge in [-0.2, -0.15) is 11.3 Å². The SMILES string of the molecule is O=C(CCNC(=O)c1ccsc1)NC1CCN(Cc2ccccn2)CC1. The molecule has 1 aliphatic heterocycles. The third-order valence-corrected chi connectivity index (χ3v) is 5.17. The molecule has 0 atom stereocenters. The average molecular weight is 372 g/mol. The number of hydrogen-bond acceptors (Lipinski definition) is 5. The van der Waals surface area contributed by atoms with Gasteiger partial charge >= 0.3 is 0 Å². The zero-order valence-electron chi connectivity index (χ0n) is 14.7. The highest BCUT2D eigenvalue weighted by atomic mass is 32.1. The number of nitrogens with one attached hydrogen (secondary N) is 2. The molecule has 0 radical (unpaired) electrons. The molecule has 0 aliphatic carbocycles. The summed E-state index contributed by atoms with van der Waals surface area (Å²) in [7, 11) is 0. The molecule has 6 nitrogen and oxygen atoms in total. The lowest BCUT2D eigenvalue weighted by Gasteiger charge is -2.32. The number of carbonyl (C=O) groups is 2. The van der Waals surface area contributed by atoms with Crippen LogP contribution >= 0.6 is 11.3 Å². The fourth-order valence-electron chi connectivity index (χ4n) is 3.04. The zero-order valence-corrected chi connectivity index (χ0v) is 15.5. The van der Waals surface area contributed by atoms with Crippen molar-refractivity contribution in [3.05, 3.63) is 52.5 Å². The van der Waals surface area contributed by atoms with E-state index < -0.39 is 0 Å². The van der Waals surface area contributed by atoms with Gasteiger partial charge in [-0.3, -0.25) is 19.5 Å². The molecule has 0 spiro atoms. The molecule has 0 aromatic carbocycles. The maximum Gasteiger partial charge on any atom is 0.252 e. The van der Waals surface area contributed by atoms with Crippen LogP contribution in [0.3, 0.4) is 0 Å². The highest BCUT2D eigenvalue weighted by Gasteiger charge is 2.20. The standard InChI is InChI=1S/C19H24N4O2S/c24-18(4-9-21-19(25)15-7-12-26-14-15)22-16-5-10-23(11-6-16)13-17-3-1-2-8-20-17/h1-3,7-8,12,14,16H,4-6,9-11,13H2,(H,21,25)(H,22,24). The van der Waals surface area contributed by atoms with Crippen molar-refractivity contribution in [1.82, 2.24) is 20.5 Å². The molecule has 0 unspecified atom stereocenters. The molecule has 3 rings (SSSR count). The predicted molar refractivity (Wildman–Crippen MR) is 102 cm³/mol. The van der Waals surface area contributed by atoms with Crippen LogP contribution in [-0.4, -0.2) is 47.4 Å². The van der Waals surface area contributed by atoms with E-state index >= 15 is 0 Å². The van der Waals surface area contributed by atoms with Gasteiger partial charge in [-0.1, -0.05) is 6.07 Å². The summed E-state index contributed by atoms with van der Waals surface area (Å²) in [5, 5.41) is 9.52. The molecule has 138 valence electrons. The number of rotatable bonds is 7. The van der Waals surface area contributed by atoms with Crippen LogP contribution in [0, 0.1) is 0 Å². The quantitative estimate of drug-likeness (QED) is 0.780. The molecule has 1 aliphatic rings. The van der Waals surface area contributed by atoms with Crippen molar-refractivity contribution >= 4 is 23.2 Å². The normalized spacial score (nSPS) is 15.5. The van der Waals surface area contributed by atoms with Gasteiger partial charge in [-0.15, -0.1) is 0 Å². The first-order chi connectivity index (χ1) is 12.7. The second-order valence-corrected chi connectivity index (χ2v) is 7.24. The van der Waals surface area contributed by atoms with Crippen LogP contribution < -0.4 is 10.6 Å². The van der Waals surface area contributed by atoms with Gasteiger partial charge in [0, 0.05) is 55.8 Å². The number of pyridine rings is 1. The van der Waals surface area contributed by atoms with Crippen molar-refractivity contribution < 1.29 is 9.59 Å². The van der Waals surface area contributed by atoms with Gasteiger partial charge in [0.25, 0.3) is 5.91 Å². The molecule has 2 amide bonds. The van der Waals surface area contributed by atoms with E-state index in [0.29, 0.717) is 18.5 Å². The smallest absolute Gasteiger partial charge is 0.252 e. The van der Waals surface area contributed by atoms with Crippen LogP contribution in [0.2, 0.25) is 0 Å². The van der Waals surface area contributed by atoms with E-state index in [9.17, 15) is 9.59 Å². The minimum Gasteiger partial charge on any atom is -0.353 e. The molecule has 0 saturated carbocycles. The van der Waals surface area contributed by atoms with Gasteiger partial charge in [0.1, 0.15) is 0 Å². The number of piperidine rings is 1. The van der Waals surface area contributed by atoms with Crippen LogP contribution in [0.5, 0.6) is 0 Å². The van der Waals surface area contributed by atoms with Crippen molar-refractivity contribution in [2.45, 2.75) is 31.8 Å². The molecule has 2 N–H and O–H groups in total. The molecule has 0 bridgehead atoms. The van der Waals surface area contributed by atoms with E-state index in [-0.39, 0.29) is 17.9 Å². The topological polar surface area (TPSA) is 74.3 Å². The summed E-state index contributed by atoms with van der Waals surface area (Å²) in [5.41, 5.74) is 1.73. The summed E-state index contributed by atoms with van der Waals surface area (Å²) in [6.07, 6.45) is 4.02. The Morgan fingerprint density at radius 1 is 1.23 bits per heavy atom. The maximum atomic E-state index is 12.1. The second-order valence-electron chi connectivity index (χ2n) is 6.46. The van der Waals surface area contributed by atoms with Gasteiger partial charge in [0.15, 0.2) is 0 Å². The molecule has 1 fully saturated rings. The number of aromatic nitrogens is 1. The first-order valence-electron chi connectivity index (χ1n) is 8.93. The lowest BCUT2D eigenvalue weighted by molar-refractivity contribution is -0.122. The third-order valence-electron chi connectivity index (χ3n) is 4.49. The van der Waals surface area contributed by atoms with Gasteiger partial charge in [-0.05, 0) is 36.4 Å². The highest BCUT2D eigenvalue weighted by Crippen LogP contribution is 2.13. The van der Waals surface area contributed by atoms with Crippen molar-refractivity contribution in [3.63, 3.8) is 0 Å². The number of likely N-dealkylation sites (tertiary alicyclic amines) is 1. The number of thiophene rings is 1. The predicted octanol–water partition coefficient (Wildman–Crippen LogP) is 2.04. The Balaban J connectivity index is 1.31. The summed E-state index contributed by atoms with van der Waals surface area (Å²) in [6, 6.07) is 7.97. The minimum atomic E-state index is -0.123. The van der Waals surface area contributed by atoms with Gasteiger partial charge in [0.2, 0.25) is 5.91 Å². The van der Waals surface area contributed by atoms with Crippen LogP contribution in [-0.2, 0) is 11.3 Å². The average Bonchev–Trinajstić information content (AvgIpc) is 3.19. The van der Waals surface area contributed by atoms with E-state index in [1.807, 2.05) is 29.8 Å². The van der Waals surface area contributed by atoms with Crippen molar-refractivity contribution in [2.75, 3.05) is 19.6 Å². The van der Waals surface area contributed by atoms with E-state index in [1.54, 1.807) is 11.4 Å². The summed E-state index contributed by atoms with van der Waals surface area (Å²) >= 11 is 1.48. The van der Waals surface area contributed by atoms with Crippen molar-refractivity contribution in [3.8, 4) is 0 Å². The number of amides is 2. The summed E-state index contributed by atoms with van der Waals surface area (Å²) in [6.45, 7) is 3.13. The van der Waals surface area contributed by atoms with E-state index in [0.717, 1.165) is 38.2 Å². The Morgan fingerprint density at radius 2 is 2.08 bits per heavy atom. The molecular formula is C19H24N4O2S. The Bertz CT molecular complexity index is 698. The minimum absolute atomic E-state index is 0.00112. The Morgan fingerprint density at radius 3 is 2.77 bits per heavy atom. The summed E-state index contributed by atoms with van der Waals surface area (Å²) in [5.74, 6) is -0.124. The number of carbonyl (C=O) groups excluding carboxylic acids is 2. The first kappa shape index (κ1) is 18.5. The van der Waals surface area contributed by atoms with Crippen LogP contribution in [0.25, 0.3) is 0 Å². The van der Waals surface area contributed by atoms with Gasteiger partial charge in [-0.25, -0.2) is 0 Å². The fraction of sp³-hybridized carbons (Fsp3) is 0.421. The fourth-order valence-corrected chi connectivity index (χ4v) is 3.68. The molecule has 2 aromatic rings. The maximum absolute atomic E-state index is 12.1. The van der Waals surface area contributed by atoms with Crippen molar-refractivity contribution in [2.24, 2.45) is 0 Å². The summed E-state index contributed by atoms with van der Waals surface area (Å²) in [4.78, 5) is 30.6. The number of hydrogen-bond donors (Lipinski definition) is 2. The lowest BCUT2D eigenvalue weighted by atomic mass is 10.0. The largest absolute Gasteiger partial charge is 0.353 e. The Kier molecular flexibility index (Phi) is 6.74. The molecule has 26 heavy (non-hydrogen) atoms. The van der Waals surface area contributed by atoms with E-state index in [4.69, 9.17) is 0 Å². The summed E-state index contributed by atoms with van der Waals surface area (Å²) < 4.78 is 0. The lowest BCUT2D eigenvalue weighted by Crippen LogP contribution is -2.45. The monoisotopic (exact) mass is 372 g/mol. The zero-order chi connectivity index (χ0) is 18.2. The molecule has 3 heterocycles. The molecule has 7 heteroatoms. The molecule has 2 aromatic heterocycles. The van der Waals surface area contributed by atoms with E-state index in [1.165, 1.54) is 11.3 Å². The molecule has 1 saturated heterocycles. The number of nitrogens with zero attached hydrogens (tertiary/aromatic N) is 2. The molecular weight excluding hydrogens is 348 g/mol. The Hall–Kier alpha value is -2.25. The van der Waals surface area contributed by atoms with Crippen LogP contribution in [0.15, 0.2) is 41.2 Å². The van der Waals surface area contributed by atoms with E-state index in [2.05, 4.69) is 20.5 Å². The second kappa shape index (κ2) is 9.45. The van der Waals surface area contributed by atoms with Gasteiger partial charge in [0.05, 0.1) is 5.69 Å². The first-order valence-corrected chi connectivity index (χ1v) is 9.87. The van der Waals surface area contributed by atoms with Crippen LogP contribution in [0.1, 0.15) is 35.3 Å². The van der Waals surface area contributed by atoms with Crippen LogP contribution in [0.4, 0.5) is 0 Å². The van der Waals surface area contributed by atoms with Gasteiger partial charge < -0.3 is 10.6 Å². The third kappa shape index (κ3) is 5.64. The Labute approximate surface area is 157 Å². The highest BCUT2D eigenvalue weighted by molar-refractivity contribution is 7.08. The van der Waals surface area contributed by atoms with Crippen molar-refractivity contribution in [1.29, 1.82) is 0 Å².